The van der Waals surface area contributed by atoms with Gasteiger partial charge in [-0.15, -0.1) is 0 Å². The third-order valence-electron chi connectivity index (χ3n) is 4.55. The van der Waals surface area contributed by atoms with E-state index in [1.165, 1.54) is 10.8 Å². The van der Waals surface area contributed by atoms with Gasteiger partial charge in [-0.3, -0.25) is 0 Å². The predicted octanol–water partition coefficient (Wildman–Crippen LogP) is 3.71. The smallest absolute Gasteiger partial charge is 0.214 e. The Morgan fingerprint density at radius 3 is 2.48 bits per heavy atom. The van der Waals surface area contributed by atoms with Crippen LogP contribution in [0.25, 0.3) is 10.8 Å². The van der Waals surface area contributed by atoms with E-state index in [1.807, 2.05) is 10.8 Å². The Kier molecular flexibility index (Phi) is 3.43. The fraction of sp³-hybridized carbons (Fsp3) is 0.316. The molecule has 23 heavy (non-hydrogen) atoms. The van der Waals surface area contributed by atoms with Crippen LogP contribution < -0.4 is 0 Å². The molecule has 4 heteroatoms. The molecule has 118 valence electrons. The number of ether oxygens (including phenoxy) is 2. The molecule has 0 N–H and O–H groups in total. The molecule has 1 aliphatic rings. The van der Waals surface area contributed by atoms with E-state index in [2.05, 4.69) is 61.3 Å². The maximum atomic E-state index is 6.30. The molecule has 0 bridgehead atoms. The summed E-state index contributed by atoms with van der Waals surface area (Å²) >= 11 is 0. The zero-order chi connectivity index (χ0) is 15.9. The van der Waals surface area contributed by atoms with Crippen molar-refractivity contribution in [3.63, 3.8) is 0 Å². The van der Waals surface area contributed by atoms with Crippen LogP contribution >= 0.6 is 0 Å². The standard InChI is InChI=1S/C19H20N2O2/c1-14-15(2)23-19(22-14,12-21-10-9-20-13-21)18-8-7-16-5-3-4-6-17(16)11-18/h3-11,13-15H,12H2,1-2H3. The number of benzene rings is 2. The van der Waals surface area contributed by atoms with Crippen LogP contribution in [0.3, 0.4) is 0 Å². The summed E-state index contributed by atoms with van der Waals surface area (Å²) in [5.74, 6) is -0.774. The molecule has 0 aliphatic carbocycles. The molecule has 1 aromatic heterocycles. The van der Waals surface area contributed by atoms with Crippen LogP contribution in [0.5, 0.6) is 0 Å². The van der Waals surface area contributed by atoms with Gasteiger partial charge < -0.3 is 14.0 Å². The highest BCUT2D eigenvalue weighted by atomic mass is 16.8. The summed E-state index contributed by atoms with van der Waals surface area (Å²) in [4.78, 5) is 4.13. The summed E-state index contributed by atoms with van der Waals surface area (Å²) in [5.41, 5.74) is 1.04. The van der Waals surface area contributed by atoms with Crippen LogP contribution in [-0.4, -0.2) is 21.8 Å². The molecule has 4 nitrogen and oxygen atoms in total. The first-order chi connectivity index (χ1) is 11.2. The van der Waals surface area contributed by atoms with E-state index in [9.17, 15) is 0 Å². The predicted molar refractivity (Wildman–Crippen MR) is 88.9 cm³/mol. The number of nitrogens with zero attached hydrogens (tertiary/aromatic N) is 2. The molecule has 0 saturated carbocycles. The Morgan fingerprint density at radius 1 is 1.04 bits per heavy atom. The molecule has 2 atom stereocenters. The van der Waals surface area contributed by atoms with Gasteiger partial charge in [-0.1, -0.05) is 36.4 Å². The number of rotatable bonds is 3. The second-order valence-electron chi connectivity index (χ2n) is 6.20. The summed E-state index contributed by atoms with van der Waals surface area (Å²) in [5, 5.41) is 2.41. The molecule has 1 fully saturated rings. The fourth-order valence-electron chi connectivity index (χ4n) is 3.17. The molecule has 0 radical (unpaired) electrons. The SMILES string of the molecule is CC1OC(Cn2ccnc2)(c2ccc3ccccc3c2)OC1C. The van der Waals surface area contributed by atoms with E-state index in [1.54, 1.807) is 12.5 Å². The minimum atomic E-state index is -0.774. The van der Waals surface area contributed by atoms with Gasteiger partial charge in [0.15, 0.2) is 0 Å². The number of fused-ring (bicyclic) bond motifs is 1. The summed E-state index contributed by atoms with van der Waals surface area (Å²) in [7, 11) is 0. The molecule has 3 aromatic rings. The van der Waals surface area contributed by atoms with E-state index in [0.29, 0.717) is 6.54 Å². The van der Waals surface area contributed by atoms with Crippen LogP contribution in [-0.2, 0) is 21.8 Å². The van der Waals surface area contributed by atoms with Gasteiger partial charge in [0.2, 0.25) is 5.79 Å². The van der Waals surface area contributed by atoms with Gasteiger partial charge >= 0.3 is 0 Å². The maximum absolute atomic E-state index is 6.30. The van der Waals surface area contributed by atoms with Crippen LogP contribution in [0.1, 0.15) is 19.4 Å². The van der Waals surface area contributed by atoms with Gasteiger partial charge in [-0.2, -0.15) is 0 Å². The molecule has 2 unspecified atom stereocenters. The topological polar surface area (TPSA) is 36.3 Å². The molecule has 2 heterocycles. The van der Waals surface area contributed by atoms with Gasteiger partial charge in [0.05, 0.1) is 25.1 Å². The Balaban J connectivity index is 1.80. The average Bonchev–Trinajstić information content (AvgIpc) is 3.16. The Morgan fingerprint density at radius 2 is 1.78 bits per heavy atom. The lowest BCUT2D eigenvalue weighted by atomic mass is 10.0. The third-order valence-corrected chi connectivity index (χ3v) is 4.55. The van der Waals surface area contributed by atoms with Crippen LogP contribution in [0, 0.1) is 0 Å². The zero-order valence-corrected chi connectivity index (χ0v) is 13.3. The Hall–Kier alpha value is -2.17. The van der Waals surface area contributed by atoms with E-state index < -0.39 is 5.79 Å². The van der Waals surface area contributed by atoms with Crippen molar-refractivity contribution in [3.05, 3.63) is 66.7 Å². The van der Waals surface area contributed by atoms with Crippen molar-refractivity contribution in [1.82, 2.24) is 9.55 Å². The van der Waals surface area contributed by atoms with Gasteiger partial charge in [0.25, 0.3) is 0 Å². The van der Waals surface area contributed by atoms with Crippen molar-refractivity contribution in [2.24, 2.45) is 0 Å². The van der Waals surface area contributed by atoms with Crippen molar-refractivity contribution >= 4 is 10.8 Å². The van der Waals surface area contributed by atoms with Gasteiger partial charge in [0.1, 0.15) is 0 Å². The Labute approximate surface area is 135 Å². The molecule has 0 spiro atoms. The quantitative estimate of drug-likeness (QED) is 0.740. The normalized spacial score (nSPS) is 27.6. The summed E-state index contributed by atoms with van der Waals surface area (Å²) in [6.07, 6.45) is 5.59. The highest BCUT2D eigenvalue weighted by Crippen LogP contribution is 2.40. The first kappa shape index (κ1) is 14.4. The third kappa shape index (κ3) is 2.54. The maximum Gasteiger partial charge on any atom is 0.214 e. The van der Waals surface area contributed by atoms with Gasteiger partial charge in [0, 0.05) is 18.0 Å². The lowest BCUT2D eigenvalue weighted by Gasteiger charge is -2.29. The lowest BCUT2D eigenvalue weighted by molar-refractivity contribution is -0.191. The number of hydrogen-bond donors (Lipinski definition) is 0. The van der Waals surface area contributed by atoms with Crippen molar-refractivity contribution in [1.29, 1.82) is 0 Å². The van der Waals surface area contributed by atoms with Crippen LogP contribution in [0.4, 0.5) is 0 Å². The fourth-order valence-corrected chi connectivity index (χ4v) is 3.17. The second-order valence-corrected chi connectivity index (χ2v) is 6.20. The zero-order valence-electron chi connectivity index (χ0n) is 13.3. The lowest BCUT2D eigenvalue weighted by Crippen LogP contribution is -2.33. The van der Waals surface area contributed by atoms with E-state index >= 15 is 0 Å². The molecular weight excluding hydrogens is 288 g/mol. The first-order valence-electron chi connectivity index (χ1n) is 7.97. The van der Waals surface area contributed by atoms with E-state index in [0.717, 1.165) is 5.56 Å². The molecule has 0 amide bonds. The minimum Gasteiger partial charge on any atom is -0.339 e. The van der Waals surface area contributed by atoms with Crippen molar-refractivity contribution < 1.29 is 9.47 Å². The van der Waals surface area contributed by atoms with Crippen LogP contribution in [0.2, 0.25) is 0 Å². The van der Waals surface area contributed by atoms with Crippen molar-refractivity contribution in [3.8, 4) is 0 Å². The van der Waals surface area contributed by atoms with Gasteiger partial charge in [-0.25, -0.2) is 4.98 Å². The summed E-state index contributed by atoms with van der Waals surface area (Å²) in [6.45, 7) is 4.70. The molecule has 2 aromatic carbocycles. The van der Waals surface area contributed by atoms with Gasteiger partial charge in [-0.05, 0) is 30.7 Å². The van der Waals surface area contributed by atoms with Crippen molar-refractivity contribution in [2.45, 2.75) is 38.4 Å². The first-order valence-corrected chi connectivity index (χ1v) is 7.97. The van der Waals surface area contributed by atoms with Crippen molar-refractivity contribution in [2.75, 3.05) is 0 Å². The highest BCUT2D eigenvalue weighted by Gasteiger charge is 2.46. The minimum absolute atomic E-state index is 0.0463. The van der Waals surface area contributed by atoms with E-state index in [-0.39, 0.29) is 12.2 Å². The molecule has 1 saturated heterocycles. The number of imidazole rings is 1. The second kappa shape index (κ2) is 5.48. The average molecular weight is 308 g/mol. The largest absolute Gasteiger partial charge is 0.339 e. The summed E-state index contributed by atoms with van der Waals surface area (Å²) in [6, 6.07) is 14.7. The molecule has 4 rings (SSSR count). The number of aromatic nitrogens is 2. The Bertz CT molecular complexity index is 803. The number of hydrogen-bond acceptors (Lipinski definition) is 3. The molecular formula is C19H20N2O2. The van der Waals surface area contributed by atoms with Crippen LogP contribution in [0.15, 0.2) is 61.2 Å². The van der Waals surface area contributed by atoms with E-state index in [4.69, 9.17) is 9.47 Å². The molecule has 1 aliphatic heterocycles. The summed E-state index contributed by atoms with van der Waals surface area (Å²) < 4.78 is 14.6. The monoisotopic (exact) mass is 308 g/mol. The highest BCUT2D eigenvalue weighted by molar-refractivity contribution is 5.83.